The smallest absolute Gasteiger partial charge is 0.475 e. The molecule has 0 atom stereocenters. The number of para-hydroxylation sites is 1. The molecule has 0 bridgehead atoms. The fourth-order valence-corrected chi connectivity index (χ4v) is 1.29. The third-order valence-electron chi connectivity index (χ3n) is 2.24. The Hall–Kier alpha value is -2.51. The molecule has 1 heterocycles. The van der Waals surface area contributed by atoms with E-state index in [2.05, 4.69) is 0 Å². The van der Waals surface area contributed by atoms with Crippen LogP contribution in [0, 0.1) is 0 Å². The zero-order chi connectivity index (χ0) is 15.3. The Kier molecular flexibility index (Phi) is 4.73. The summed E-state index contributed by atoms with van der Waals surface area (Å²) in [5.41, 5.74) is 6.65. The number of hydrogen-bond acceptors (Lipinski definition) is 3. The molecule has 5 nitrogen and oxygen atoms in total. The summed E-state index contributed by atoms with van der Waals surface area (Å²) in [5.74, 6) is -2.38. The van der Waals surface area contributed by atoms with Crippen LogP contribution in [0.3, 0.4) is 0 Å². The molecular formula is C12H10F3NO4. The molecule has 0 radical (unpaired) electrons. The molecule has 1 amide bonds. The van der Waals surface area contributed by atoms with Gasteiger partial charge in [0.15, 0.2) is 0 Å². The highest BCUT2D eigenvalue weighted by atomic mass is 19.4. The Morgan fingerprint density at radius 3 is 2.30 bits per heavy atom. The van der Waals surface area contributed by atoms with E-state index < -0.39 is 18.1 Å². The van der Waals surface area contributed by atoms with E-state index in [1.54, 1.807) is 0 Å². The topological polar surface area (TPSA) is 89.6 Å². The van der Waals surface area contributed by atoms with Crippen LogP contribution >= 0.6 is 0 Å². The molecule has 0 aromatic heterocycles. The van der Waals surface area contributed by atoms with E-state index in [1.165, 1.54) is 6.26 Å². The lowest BCUT2D eigenvalue weighted by Crippen LogP contribution is -2.21. The molecular weight excluding hydrogens is 279 g/mol. The van der Waals surface area contributed by atoms with Crippen LogP contribution < -0.4 is 10.5 Å². The first-order chi connectivity index (χ1) is 9.21. The maximum atomic E-state index is 10.8. The lowest BCUT2D eigenvalue weighted by Gasteiger charge is -2.14. The van der Waals surface area contributed by atoms with Gasteiger partial charge in [-0.3, -0.25) is 4.79 Å². The maximum Gasteiger partial charge on any atom is 0.490 e. The van der Waals surface area contributed by atoms with Gasteiger partial charge < -0.3 is 15.6 Å². The minimum absolute atomic E-state index is 0.422. The van der Waals surface area contributed by atoms with Crippen LogP contribution in [0.15, 0.2) is 36.1 Å². The van der Waals surface area contributed by atoms with Crippen molar-refractivity contribution >= 4 is 11.9 Å². The van der Waals surface area contributed by atoms with E-state index >= 15 is 0 Å². The molecule has 0 saturated carbocycles. The van der Waals surface area contributed by atoms with Crippen molar-refractivity contribution in [1.82, 2.24) is 0 Å². The number of carboxylic acids is 1. The first-order valence-corrected chi connectivity index (χ1v) is 5.25. The summed E-state index contributed by atoms with van der Waals surface area (Å²) < 4.78 is 37.0. The van der Waals surface area contributed by atoms with Crippen LogP contribution in [0.2, 0.25) is 0 Å². The first kappa shape index (κ1) is 15.5. The number of hydrogen-bond donors (Lipinski definition) is 2. The largest absolute Gasteiger partial charge is 0.490 e. The summed E-state index contributed by atoms with van der Waals surface area (Å²) >= 11 is 0. The fourth-order valence-electron chi connectivity index (χ4n) is 1.29. The number of carbonyl (C=O) groups excluding carboxylic acids is 1. The van der Waals surface area contributed by atoms with Gasteiger partial charge in [-0.25, -0.2) is 4.79 Å². The summed E-state index contributed by atoms with van der Waals surface area (Å²) in [4.78, 5) is 19.7. The summed E-state index contributed by atoms with van der Waals surface area (Å²) in [6, 6.07) is 7.59. The zero-order valence-corrected chi connectivity index (χ0v) is 9.98. The third kappa shape index (κ3) is 4.30. The number of halogens is 3. The second kappa shape index (κ2) is 6.09. The Morgan fingerprint density at radius 2 is 1.80 bits per heavy atom. The number of amides is 1. The molecule has 108 valence electrons. The van der Waals surface area contributed by atoms with Crippen LogP contribution in [-0.4, -0.2) is 23.2 Å². The summed E-state index contributed by atoms with van der Waals surface area (Å²) in [7, 11) is 0. The number of alkyl halides is 3. The van der Waals surface area contributed by atoms with Gasteiger partial charge in [0.2, 0.25) is 5.91 Å². The molecule has 0 fully saturated rings. The average molecular weight is 289 g/mol. The number of ether oxygens (including phenoxy) is 1. The van der Waals surface area contributed by atoms with Gasteiger partial charge in [-0.15, -0.1) is 0 Å². The van der Waals surface area contributed by atoms with Crippen molar-refractivity contribution in [2.24, 2.45) is 5.73 Å². The van der Waals surface area contributed by atoms with Gasteiger partial charge in [0.1, 0.15) is 12.0 Å². The molecule has 1 aliphatic heterocycles. The highest BCUT2D eigenvalue weighted by Crippen LogP contribution is 2.25. The number of nitrogens with two attached hydrogens (primary N) is 1. The molecule has 0 unspecified atom stereocenters. The molecule has 1 aromatic carbocycles. The van der Waals surface area contributed by atoms with Crippen molar-refractivity contribution in [3.05, 3.63) is 41.7 Å². The van der Waals surface area contributed by atoms with Crippen LogP contribution in [-0.2, 0) is 16.0 Å². The Balaban J connectivity index is 0.000000246. The Labute approximate surface area is 111 Å². The molecule has 20 heavy (non-hydrogen) atoms. The van der Waals surface area contributed by atoms with Gasteiger partial charge in [-0.2, -0.15) is 13.2 Å². The summed E-state index contributed by atoms with van der Waals surface area (Å²) in [6.45, 7) is 0. The van der Waals surface area contributed by atoms with Crippen molar-refractivity contribution in [1.29, 1.82) is 0 Å². The van der Waals surface area contributed by atoms with E-state index in [0.29, 0.717) is 12.0 Å². The average Bonchev–Trinajstić information content (AvgIpc) is 2.37. The number of benzene rings is 1. The van der Waals surface area contributed by atoms with Gasteiger partial charge >= 0.3 is 12.1 Å². The highest BCUT2D eigenvalue weighted by molar-refractivity contribution is 5.92. The lowest BCUT2D eigenvalue weighted by molar-refractivity contribution is -0.192. The van der Waals surface area contributed by atoms with Crippen molar-refractivity contribution < 1.29 is 32.6 Å². The van der Waals surface area contributed by atoms with Crippen LogP contribution in [0.1, 0.15) is 5.56 Å². The van der Waals surface area contributed by atoms with Crippen LogP contribution in [0.5, 0.6) is 5.75 Å². The molecule has 1 aromatic rings. The van der Waals surface area contributed by atoms with Gasteiger partial charge in [-0.1, -0.05) is 18.2 Å². The van der Waals surface area contributed by atoms with Crippen LogP contribution in [0.25, 0.3) is 0 Å². The highest BCUT2D eigenvalue weighted by Gasteiger charge is 2.38. The SMILES string of the molecule is NC(=O)C1=COc2ccccc2C1.O=C(O)C(F)(F)F. The second-order valence-electron chi connectivity index (χ2n) is 3.71. The van der Waals surface area contributed by atoms with Crippen molar-refractivity contribution in [3.8, 4) is 5.75 Å². The molecule has 0 aliphatic carbocycles. The lowest BCUT2D eigenvalue weighted by atomic mass is 10.0. The molecule has 8 heteroatoms. The zero-order valence-electron chi connectivity index (χ0n) is 9.98. The quantitative estimate of drug-likeness (QED) is 0.822. The summed E-state index contributed by atoms with van der Waals surface area (Å²) in [6.07, 6.45) is -3.10. The number of fused-ring (bicyclic) bond motifs is 1. The number of carboxylic acid groups (broad SMARTS) is 1. The maximum absolute atomic E-state index is 10.8. The van der Waals surface area contributed by atoms with Gasteiger partial charge in [-0.05, 0) is 11.6 Å². The van der Waals surface area contributed by atoms with E-state index in [0.717, 1.165) is 11.3 Å². The van der Waals surface area contributed by atoms with Crippen molar-refractivity contribution in [3.63, 3.8) is 0 Å². The molecule has 0 spiro atoms. The molecule has 0 saturated heterocycles. The third-order valence-corrected chi connectivity index (χ3v) is 2.24. The number of carbonyl (C=O) groups is 2. The number of rotatable bonds is 1. The van der Waals surface area contributed by atoms with Gasteiger partial charge in [0, 0.05) is 6.42 Å². The normalized spacial score (nSPS) is 13.1. The van der Waals surface area contributed by atoms with E-state index in [1.807, 2.05) is 24.3 Å². The van der Waals surface area contributed by atoms with Gasteiger partial charge in [0.25, 0.3) is 0 Å². The second-order valence-corrected chi connectivity index (χ2v) is 3.71. The standard InChI is InChI=1S/C10H9NO2.C2HF3O2/c11-10(12)8-5-7-3-1-2-4-9(7)13-6-8;3-2(4,5)1(6)7/h1-4,6H,5H2,(H2,11,12);(H,6,7). The summed E-state index contributed by atoms with van der Waals surface area (Å²) in [5, 5.41) is 7.12. The molecule has 2 rings (SSSR count). The van der Waals surface area contributed by atoms with Crippen molar-refractivity contribution in [2.45, 2.75) is 12.6 Å². The van der Waals surface area contributed by atoms with E-state index in [4.69, 9.17) is 20.4 Å². The molecule has 1 aliphatic rings. The fraction of sp³-hybridized carbons (Fsp3) is 0.167. The van der Waals surface area contributed by atoms with E-state index in [-0.39, 0.29) is 0 Å². The minimum Gasteiger partial charge on any atom is -0.475 e. The Bertz CT molecular complexity index is 552. The monoisotopic (exact) mass is 289 g/mol. The predicted octanol–water partition coefficient (Wildman–Crippen LogP) is 1.62. The number of primary amides is 1. The van der Waals surface area contributed by atoms with Crippen LogP contribution in [0.4, 0.5) is 13.2 Å². The number of aliphatic carboxylic acids is 1. The van der Waals surface area contributed by atoms with E-state index in [9.17, 15) is 18.0 Å². The van der Waals surface area contributed by atoms with Gasteiger partial charge in [0.05, 0.1) is 5.57 Å². The predicted molar refractivity (Wildman–Crippen MR) is 61.7 cm³/mol. The molecule has 3 N–H and O–H groups in total. The Morgan fingerprint density at radius 1 is 1.25 bits per heavy atom. The first-order valence-electron chi connectivity index (χ1n) is 5.25. The van der Waals surface area contributed by atoms with Crippen molar-refractivity contribution in [2.75, 3.05) is 0 Å². The minimum atomic E-state index is -5.08.